The molecule has 0 radical (unpaired) electrons. The Bertz CT molecular complexity index is 1360. The molecule has 0 aliphatic heterocycles. The maximum Gasteiger partial charge on any atom is 0.345 e. The maximum absolute atomic E-state index is 12.5. The van der Waals surface area contributed by atoms with Crippen molar-refractivity contribution >= 4 is 38.6 Å². The van der Waals surface area contributed by atoms with Gasteiger partial charge in [-0.2, -0.15) is 0 Å². The first-order valence-corrected chi connectivity index (χ1v) is 12.3. The van der Waals surface area contributed by atoms with Gasteiger partial charge in [-0.25, -0.2) is 14.8 Å². The molecule has 0 saturated heterocycles. The average Bonchev–Trinajstić information content (AvgIpc) is 3.18. The van der Waals surface area contributed by atoms with E-state index in [0.29, 0.717) is 17.6 Å². The Balaban J connectivity index is 1.73. The summed E-state index contributed by atoms with van der Waals surface area (Å²) in [6.45, 7) is 9.02. The molecule has 2 heterocycles. The van der Waals surface area contributed by atoms with E-state index in [1.807, 2.05) is 49.4 Å². The quantitative estimate of drug-likeness (QED) is 0.211. The predicted octanol–water partition coefficient (Wildman–Crippen LogP) is 6.38. The highest BCUT2D eigenvalue weighted by Crippen LogP contribution is 2.31. The number of pyridine rings is 1. The van der Waals surface area contributed by atoms with E-state index in [9.17, 15) is 4.79 Å². The Hall–Kier alpha value is -3.25. The number of esters is 1. The molecule has 34 heavy (non-hydrogen) atoms. The number of ether oxygens (including phenoxy) is 1. The van der Waals surface area contributed by atoms with Gasteiger partial charge in [0.05, 0.1) is 13.2 Å². The molecule has 4 aromatic rings. The minimum atomic E-state index is -0.375. The van der Waals surface area contributed by atoms with Crippen molar-refractivity contribution in [1.29, 1.82) is 0 Å². The molecule has 0 bridgehead atoms. The average molecular weight is 518 g/mol. The van der Waals surface area contributed by atoms with E-state index >= 15 is 0 Å². The van der Waals surface area contributed by atoms with E-state index in [-0.39, 0.29) is 5.97 Å². The van der Waals surface area contributed by atoms with Crippen LogP contribution in [0.5, 0.6) is 0 Å². The van der Waals surface area contributed by atoms with Crippen LogP contribution in [0.25, 0.3) is 16.7 Å². The Morgan fingerprint density at radius 2 is 1.65 bits per heavy atom. The molecule has 6 heteroatoms. The number of halogens is 1. The highest BCUT2D eigenvalue weighted by molar-refractivity contribution is 9.12. The lowest BCUT2D eigenvalue weighted by Crippen LogP contribution is -2.07. The third kappa shape index (κ3) is 4.82. The van der Waals surface area contributed by atoms with Gasteiger partial charge < -0.3 is 9.30 Å². The Morgan fingerprint density at radius 1 is 0.971 bits per heavy atom. The van der Waals surface area contributed by atoms with Crippen LogP contribution in [0.3, 0.4) is 0 Å². The number of aromatic nitrogens is 3. The second kappa shape index (κ2) is 10.3. The molecular weight excluding hydrogens is 490 g/mol. The lowest BCUT2D eigenvalue weighted by Gasteiger charge is -2.13. The van der Waals surface area contributed by atoms with Gasteiger partial charge in [-0.3, -0.25) is 0 Å². The molecular formula is C28H28BrN3O2. The first-order valence-electron chi connectivity index (χ1n) is 11.5. The van der Waals surface area contributed by atoms with Gasteiger partial charge in [-0.1, -0.05) is 61.5 Å². The lowest BCUT2D eigenvalue weighted by molar-refractivity contribution is -0.137. The minimum absolute atomic E-state index is 0.320. The van der Waals surface area contributed by atoms with E-state index < -0.39 is 0 Å². The zero-order chi connectivity index (χ0) is 24.2. The molecule has 5 nitrogen and oxygen atoms in total. The molecule has 0 atom stereocenters. The van der Waals surface area contributed by atoms with Crippen molar-refractivity contribution in [2.24, 2.45) is 0 Å². The standard InChI is InChI=1S/C28H28BrN3O2/c1-5-23-31-26-18(3)16-19(4)30-27(26)32(23)17-20-12-14-22(15-13-20)24(21-10-8-7-9-11-21)25(29)28(33)34-6-2/h7-16H,5-6,17H2,1-4H3/b25-24+. The predicted molar refractivity (Wildman–Crippen MR) is 140 cm³/mol. The highest BCUT2D eigenvalue weighted by Gasteiger charge is 2.18. The van der Waals surface area contributed by atoms with Crippen LogP contribution >= 0.6 is 15.9 Å². The fraction of sp³-hybridized carbons (Fsp3) is 0.250. The zero-order valence-electron chi connectivity index (χ0n) is 19.9. The number of carbonyl (C=O) groups excluding carboxylic acids is 1. The minimum Gasteiger partial charge on any atom is -0.462 e. The molecule has 0 unspecified atom stereocenters. The molecule has 174 valence electrons. The summed E-state index contributed by atoms with van der Waals surface area (Å²) in [5.74, 6) is 0.648. The van der Waals surface area contributed by atoms with Crippen molar-refractivity contribution in [3.8, 4) is 0 Å². The SMILES string of the molecule is CCOC(=O)/C(Br)=C(/c1ccccc1)c1ccc(Cn2c(CC)nc3c(C)cc(C)nc32)cc1. The number of fused-ring (bicyclic) bond motifs is 1. The monoisotopic (exact) mass is 517 g/mol. The van der Waals surface area contributed by atoms with E-state index in [1.165, 1.54) is 0 Å². The van der Waals surface area contributed by atoms with E-state index in [0.717, 1.165) is 56.9 Å². The number of imidazole rings is 1. The lowest BCUT2D eigenvalue weighted by atomic mass is 9.96. The first kappa shape index (κ1) is 23.9. The van der Waals surface area contributed by atoms with Crippen LogP contribution in [0.1, 0.15) is 47.6 Å². The largest absolute Gasteiger partial charge is 0.462 e. The van der Waals surface area contributed by atoms with Gasteiger partial charge in [0.2, 0.25) is 0 Å². The molecule has 0 fully saturated rings. The molecule has 2 aromatic carbocycles. The first-order chi connectivity index (χ1) is 16.4. The van der Waals surface area contributed by atoms with Crippen molar-refractivity contribution in [2.75, 3.05) is 6.61 Å². The summed E-state index contributed by atoms with van der Waals surface area (Å²) in [6.07, 6.45) is 0.834. The van der Waals surface area contributed by atoms with Crippen LogP contribution in [0.4, 0.5) is 0 Å². The topological polar surface area (TPSA) is 57.0 Å². The summed E-state index contributed by atoms with van der Waals surface area (Å²) < 4.78 is 7.86. The van der Waals surface area contributed by atoms with Crippen molar-refractivity contribution in [3.63, 3.8) is 0 Å². The Kier molecular flexibility index (Phi) is 7.27. The van der Waals surface area contributed by atoms with Gasteiger partial charge in [-0.05, 0) is 65.0 Å². The van der Waals surface area contributed by atoms with Gasteiger partial charge in [-0.15, -0.1) is 0 Å². The number of hydrogen-bond donors (Lipinski definition) is 0. The van der Waals surface area contributed by atoms with Crippen LogP contribution in [0, 0.1) is 13.8 Å². The number of aryl methyl sites for hydroxylation is 3. The fourth-order valence-corrected chi connectivity index (χ4v) is 4.74. The summed E-state index contributed by atoms with van der Waals surface area (Å²) >= 11 is 3.50. The molecule has 0 spiro atoms. The van der Waals surface area contributed by atoms with Crippen LogP contribution in [-0.2, 0) is 22.5 Å². The molecule has 0 saturated carbocycles. The van der Waals surface area contributed by atoms with Crippen molar-refractivity contribution in [1.82, 2.24) is 14.5 Å². The van der Waals surface area contributed by atoms with Gasteiger partial charge in [0.25, 0.3) is 0 Å². The highest BCUT2D eigenvalue weighted by atomic mass is 79.9. The number of nitrogens with zero attached hydrogens (tertiary/aromatic N) is 3. The normalized spacial score (nSPS) is 12.0. The van der Waals surface area contributed by atoms with Gasteiger partial charge in [0.15, 0.2) is 5.65 Å². The Morgan fingerprint density at radius 3 is 2.29 bits per heavy atom. The van der Waals surface area contributed by atoms with Gasteiger partial charge in [0.1, 0.15) is 15.8 Å². The summed E-state index contributed by atoms with van der Waals surface area (Å²) in [5.41, 5.74) is 7.85. The molecule has 0 aliphatic carbocycles. The third-order valence-electron chi connectivity index (χ3n) is 5.74. The van der Waals surface area contributed by atoms with Crippen LogP contribution in [-0.4, -0.2) is 27.1 Å². The summed E-state index contributed by atoms with van der Waals surface area (Å²) in [6, 6.07) is 20.2. The molecule has 0 amide bonds. The molecule has 4 rings (SSSR count). The second-order valence-electron chi connectivity index (χ2n) is 8.19. The van der Waals surface area contributed by atoms with E-state index in [4.69, 9.17) is 14.7 Å². The fourth-order valence-electron chi connectivity index (χ4n) is 4.17. The van der Waals surface area contributed by atoms with Crippen molar-refractivity contribution < 1.29 is 9.53 Å². The number of hydrogen-bond acceptors (Lipinski definition) is 4. The van der Waals surface area contributed by atoms with Crippen LogP contribution in [0.15, 0.2) is 65.1 Å². The van der Waals surface area contributed by atoms with Crippen molar-refractivity contribution in [3.05, 3.63) is 98.9 Å². The zero-order valence-corrected chi connectivity index (χ0v) is 21.5. The molecule has 2 aromatic heterocycles. The smallest absolute Gasteiger partial charge is 0.345 e. The number of rotatable bonds is 7. The summed E-state index contributed by atoms with van der Waals surface area (Å²) in [5, 5.41) is 0. The second-order valence-corrected chi connectivity index (χ2v) is 8.99. The van der Waals surface area contributed by atoms with Crippen molar-refractivity contribution in [2.45, 2.75) is 40.7 Å². The molecule has 0 N–H and O–H groups in total. The van der Waals surface area contributed by atoms with Crippen LogP contribution < -0.4 is 0 Å². The maximum atomic E-state index is 12.5. The van der Waals surface area contributed by atoms with Gasteiger partial charge in [0, 0.05) is 17.7 Å². The van der Waals surface area contributed by atoms with E-state index in [1.54, 1.807) is 6.92 Å². The van der Waals surface area contributed by atoms with Gasteiger partial charge >= 0.3 is 5.97 Å². The third-order valence-corrected chi connectivity index (χ3v) is 6.46. The molecule has 0 aliphatic rings. The van der Waals surface area contributed by atoms with Crippen LogP contribution in [0.2, 0.25) is 0 Å². The summed E-state index contributed by atoms with van der Waals surface area (Å²) in [7, 11) is 0. The number of benzene rings is 2. The van der Waals surface area contributed by atoms with E-state index in [2.05, 4.69) is 52.5 Å². The number of carbonyl (C=O) groups is 1. The summed E-state index contributed by atoms with van der Waals surface area (Å²) in [4.78, 5) is 22.1. The Labute approximate surface area is 208 Å².